The molecule has 10 heteroatoms. The number of benzene rings is 1. The van der Waals surface area contributed by atoms with Crippen molar-refractivity contribution in [1.29, 1.82) is 0 Å². The van der Waals surface area contributed by atoms with Gasteiger partial charge in [0.15, 0.2) is 0 Å². The first-order valence-electron chi connectivity index (χ1n) is 10.2. The highest BCUT2D eigenvalue weighted by Crippen LogP contribution is 2.32. The Morgan fingerprint density at radius 2 is 1.97 bits per heavy atom. The Balaban J connectivity index is 1.38. The summed E-state index contributed by atoms with van der Waals surface area (Å²) in [6.45, 7) is 5.13. The van der Waals surface area contributed by atoms with Crippen LogP contribution in [0.15, 0.2) is 23.6 Å². The number of anilines is 1. The molecule has 0 unspecified atom stereocenters. The van der Waals surface area contributed by atoms with Crippen molar-refractivity contribution in [1.82, 2.24) is 14.9 Å². The van der Waals surface area contributed by atoms with Crippen LogP contribution in [0.2, 0.25) is 5.02 Å². The number of piperidine rings is 1. The van der Waals surface area contributed by atoms with Crippen molar-refractivity contribution in [2.75, 3.05) is 25.5 Å². The minimum Gasteiger partial charge on any atom is -0.497 e. The van der Waals surface area contributed by atoms with E-state index in [1.165, 1.54) is 22.7 Å². The third-order valence-electron chi connectivity index (χ3n) is 5.41. The molecule has 2 amide bonds. The molecule has 1 saturated heterocycles. The topological polar surface area (TPSA) is 84.4 Å². The standard InChI is InChI=1S/C22H23ClN4O3S2/c1-12-19(32-13(2)24-12)22(29)27-8-6-14(7-9-27)21-26-18(11-31-21)20(28)25-17-10-15(30-3)4-5-16(17)23/h4-5,10-11,14H,6-9H2,1-3H3,(H,25,28). The van der Waals surface area contributed by atoms with Crippen LogP contribution >= 0.6 is 34.3 Å². The van der Waals surface area contributed by atoms with Crippen molar-refractivity contribution in [3.63, 3.8) is 0 Å². The highest BCUT2D eigenvalue weighted by atomic mass is 35.5. The lowest BCUT2D eigenvalue weighted by atomic mass is 9.97. The van der Waals surface area contributed by atoms with Gasteiger partial charge in [-0.25, -0.2) is 9.97 Å². The lowest BCUT2D eigenvalue weighted by molar-refractivity contribution is 0.0717. The summed E-state index contributed by atoms with van der Waals surface area (Å²) in [5.74, 6) is 0.580. The van der Waals surface area contributed by atoms with E-state index in [4.69, 9.17) is 16.3 Å². The average molecular weight is 491 g/mol. The molecular formula is C22H23ClN4O3S2. The largest absolute Gasteiger partial charge is 0.497 e. The van der Waals surface area contributed by atoms with Crippen molar-refractivity contribution in [2.24, 2.45) is 0 Å². The number of thiazole rings is 2. The second-order valence-corrected chi connectivity index (χ2v) is 10.1. The minimum absolute atomic E-state index is 0.0564. The van der Waals surface area contributed by atoms with Gasteiger partial charge in [-0.05, 0) is 38.8 Å². The van der Waals surface area contributed by atoms with Crippen LogP contribution < -0.4 is 10.1 Å². The molecule has 1 aliphatic heterocycles. The van der Waals surface area contributed by atoms with E-state index in [0.717, 1.165) is 33.4 Å². The first-order chi connectivity index (χ1) is 15.4. The van der Waals surface area contributed by atoms with Gasteiger partial charge in [-0.15, -0.1) is 22.7 Å². The number of hydrogen-bond acceptors (Lipinski definition) is 7. The molecule has 0 aliphatic carbocycles. The highest BCUT2D eigenvalue weighted by molar-refractivity contribution is 7.13. The van der Waals surface area contributed by atoms with Gasteiger partial charge in [0.1, 0.15) is 16.3 Å². The van der Waals surface area contributed by atoms with Crippen LogP contribution in [0.1, 0.15) is 54.6 Å². The molecule has 7 nitrogen and oxygen atoms in total. The van der Waals surface area contributed by atoms with E-state index in [2.05, 4.69) is 15.3 Å². The van der Waals surface area contributed by atoms with Crippen LogP contribution in [-0.2, 0) is 0 Å². The van der Waals surface area contributed by atoms with Crippen molar-refractivity contribution in [3.05, 3.63) is 54.9 Å². The number of rotatable bonds is 5. The second kappa shape index (κ2) is 9.56. The minimum atomic E-state index is -0.314. The molecule has 0 atom stereocenters. The Bertz CT molecular complexity index is 1150. The summed E-state index contributed by atoms with van der Waals surface area (Å²) in [5.41, 5.74) is 1.63. The fourth-order valence-electron chi connectivity index (χ4n) is 3.70. The number of nitrogens with zero attached hydrogens (tertiary/aromatic N) is 3. The molecule has 0 radical (unpaired) electrons. The zero-order chi connectivity index (χ0) is 22.8. The third-order valence-corrected chi connectivity index (χ3v) is 7.80. The Hall–Kier alpha value is -2.49. The number of amides is 2. The first kappa shape index (κ1) is 22.7. The van der Waals surface area contributed by atoms with Crippen molar-refractivity contribution in [2.45, 2.75) is 32.6 Å². The fraction of sp³-hybridized carbons (Fsp3) is 0.364. The fourth-order valence-corrected chi connectivity index (χ4v) is 5.72. The quantitative estimate of drug-likeness (QED) is 0.534. The van der Waals surface area contributed by atoms with Gasteiger partial charge in [0.25, 0.3) is 11.8 Å². The van der Waals surface area contributed by atoms with Crippen LogP contribution in [0.4, 0.5) is 5.69 Å². The summed E-state index contributed by atoms with van der Waals surface area (Å²) in [4.78, 5) is 37.0. The molecule has 168 valence electrons. The summed E-state index contributed by atoms with van der Waals surface area (Å²) in [7, 11) is 1.56. The number of carbonyl (C=O) groups is 2. The van der Waals surface area contributed by atoms with Gasteiger partial charge in [0.2, 0.25) is 0 Å². The van der Waals surface area contributed by atoms with E-state index in [-0.39, 0.29) is 17.7 Å². The molecule has 3 aromatic rings. The Kier molecular flexibility index (Phi) is 6.78. The molecule has 3 heterocycles. The van der Waals surface area contributed by atoms with E-state index in [1.54, 1.807) is 30.7 Å². The number of hydrogen-bond donors (Lipinski definition) is 1. The zero-order valence-corrected chi connectivity index (χ0v) is 20.4. The van der Waals surface area contributed by atoms with Crippen LogP contribution in [0.5, 0.6) is 5.75 Å². The number of carbonyl (C=O) groups excluding carboxylic acids is 2. The summed E-state index contributed by atoms with van der Waals surface area (Å²) in [6.07, 6.45) is 1.64. The van der Waals surface area contributed by atoms with Gasteiger partial charge < -0.3 is 15.0 Å². The molecule has 4 rings (SSSR count). The van der Waals surface area contributed by atoms with E-state index in [0.29, 0.717) is 35.2 Å². The van der Waals surface area contributed by atoms with Gasteiger partial charge in [0.05, 0.1) is 33.5 Å². The third kappa shape index (κ3) is 4.79. The van der Waals surface area contributed by atoms with Crippen molar-refractivity contribution >= 4 is 51.8 Å². The van der Waals surface area contributed by atoms with Gasteiger partial charge in [-0.3, -0.25) is 9.59 Å². The predicted octanol–water partition coefficient (Wildman–Crippen LogP) is 5.15. The van der Waals surface area contributed by atoms with E-state index < -0.39 is 0 Å². The summed E-state index contributed by atoms with van der Waals surface area (Å²) in [5, 5.41) is 6.82. The first-order valence-corrected chi connectivity index (χ1v) is 12.3. The number of ether oxygens (including phenoxy) is 1. The maximum Gasteiger partial charge on any atom is 0.275 e. The van der Waals surface area contributed by atoms with Gasteiger partial charge in [-0.2, -0.15) is 0 Å². The molecule has 1 aliphatic rings. The molecule has 1 fully saturated rings. The normalized spacial score (nSPS) is 14.4. The SMILES string of the molecule is COc1ccc(Cl)c(NC(=O)c2csc(C3CCN(C(=O)c4sc(C)nc4C)CC3)n2)c1. The molecule has 32 heavy (non-hydrogen) atoms. The lowest BCUT2D eigenvalue weighted by Crippen LogP contribution is -2.37. The number of aromatic nitrogens is 2. The van der Waals surface area contributed by atoms with Gasteiger partial charge >= 0.3 is 0 Å². The van der Waals surface area contributed by atoms with Crippen LogP contribution in [0, 0.1) is 13.8 Å². The summed E-state index contributed by atoms with van der Waals surface area (Å²) in [6, 6.07) is 5.08. The Morgan fingerprint density at radius 1 is 1.22 bits per heavy atom. The number of likely N-dealkylation sites (tertiary alicyclic amines) is 1. The molecular weight excluding hydrogens is 468 g/mol. The second-order valence-electron chi connectivity index (χ2n) is 7.58. The number of halogens is 1. The average Bonchev–Trinajstić information content (AvgIpc) is 3.41. The van der Waals surface area contributed by atoms with Gasteiger partial charge in [0, 0.05) is 30.5 Å². The van der Waals surface area contributed by atoms with Crippen molar-refractivity contribution in [3.8, 4) is 5.75 Å². The van der Waals surface area contributed by atoms with Crippen LogP contribution in [-0.4, -0.2) is 46.9 Å². The molecule has 1 aromatic carbocycles. The molecule has 2 aromatic heterocycles. The molecule has 1 N–H and O–H groups in total. The molecule has 0 bridgehead atoms. The molecule has 0 saturated carbocycles. The zero-order valence-electron chi connectivity index (χ0n) is 18.0. The maximum absolute atomic E-state index is 12.8. The van der Waals surface area contributed by atoms with Crippen LogP contribution in [0.25, 0.3) is 0 Å². The maximum atomic E-state index is 12.8. The van der Waals surface area contributed by atoms with E-state index in [9.17, 15) is 9.59 Å². The van der Waals surface area contributed by atoms with Gasteiger partial charge in [-0.1, -0.05) is 11.6 Å². The predicted molar refractivity (Wildman–Crippen MR) is 128 cm³/mol. The van der Waals surface area contributed by atoms with Crippen LogP contribution in [0.3, 0.4) is 0 Å². The Morgan fingerprint density at radius 3 is 2.62 bits per heavy atom. The van der Waals surface area contributed by atoms with E-state index in [1.807, 2.05) is 18.7 Å². The lowest BCUT2D eigenvalue weighted by Gasteiger charge is -2.30. The number of nitrogens with one attached hydrogen (secondary N) is 1. The van der Waals surface area contributed by atoms with Crippen molar-refractivity contribution < 1.29 is 14.3 Å². The summed E-state index contributed by atoms with van der Waals surface area (Å²) >= 11 is 9.11. The Labute approximate surface area is 199 Å². The van der Waals surface area contributed by atoms with E-state index >= 15 is 0 Å². The highest BCUT2D eigenvalue weighted by Gasteiger charge is 2.28. The smallest absolute Gasteiger partial charge is 0.275 e. The molecule has 0 spiro atoms. The number of aryl methyl sites for hydroxylation is 2. The summed E-state index contributed by atoms with van der Waals surface area (Å²) < 4.78 is 5.19. The monoisotopic (exact) mass is 490 g/mol. The number of methoxy groups -OCH3 is 1.